The molecular formula is C36H40F3NO4. The number of hydrogen-bond donors (Lipinski definition) is 1. The lowest BCUT2D eigenvalue weighted by Crippen LogP contribution is -2.23. The zero-order valence-corrected chi connectivity index (χ0v) is 25.8. The minimum absolute atomic E-state index is 0.0488. The minimum Gasteiger partial charge on any atom is -0.462 e. The summed E-state index contributed by atoms with van der Waals surface area (Å²) in [6.07, 6.45) is 5.80. The van der Waals surface area contributed by atoms with Crippen molar-refractivity contribution in [1.29, 1.82) is 5.41 Å². The summed E-state index contributed by atoms with van der Waals surface area (Å²) in [6, 6.07) is 12.4. The van der Waals surface area contributed by atoms with E-state index in [0.717, 1.165) is 36.5 Å². The molecule has 8 heteroatoms. The predicted octanol–water partition coefficient (Wildman–Crippen LogP) is 8.86. The van der Waals surface area contributed by atoms with Crippen LogP contribution in [-0.2, 0) is 27.8 Å². The molecule has 44 heavy (non-hydrogen) atoms. The van der Waals surface area contributed by atoms with E-state index in [-0.39, 0.29) is 41.3 Å². The lowest BCUT2D eigenvalue weighted by atomic mass is 9.87. The van der Waals surface area contributed by atoms with Crippen LogP contribution in [0.1, 0.15) is 98.8 Å². The normalized spacial score (nSPS) is 13.8. The number of ether oxygens (including phenoxy) is 2. The molecule has 0 spiro atoms. The second kappa shape index (κ2) is 13.8. The lowest BCUT2D eigenvalue weighted by Gasteiger charge is -2.20. The highest BCUT2D eigenvalue weighted by Gasteiger charge is 2.51. The number of halogens is 3. The third-order valence-electron chi connectivity index (χ3n) is 8.00. The van der Waals surface area contributed by atoms with Crippen LogP contribution < -0.4 is 4.74 Å². The first-order valence-corrected chi connectivity index (χ1v) is 15.3. The van der Waals surface area contributed by atoms with Crippen molar-refractivity contribution in [1.82, 2.24) is 0 Å². The van der Waals surface area contributed by atoms with Gasteiger partial charge in [-0.05, 0) is 85.9 Å². The molecule has 4 rings (SSSR count). The summed E-state index contributed by atoms with van der Waals surface area (Å²) >= 11 is 0. The number of aryl methyl sites for hydroxylation is 2. The zero-order valence-electron chi connectivity index (χ0n) is 25.8. The molecule has 1 aliphatic carbocycles. The number of benzene rings is 3. The summed E-state index contributed by atoms with van der Waals surface area (Å²) in [5.41, 5.74) is 2.36. The van der Waals surface area contributed by atoms with E-state index in [2.05, 4.69) is 6.92 Å². The number of carbonyl (C=O) groups excluding carboxylic acids is 2. The average molecular weight is 608 g/mol. The van der Waals surface area contributed by atoms with Gasteiger partial charge in [0, 0.05) is 43.7 Å². The summed E-state index contributed by atoms with van der Waals surface area (Å²) in [6.45, 7) is 6.33. The second-order valence-electron chi connectivity index (χ2n) is 11.8. The van der Waals surface area contributed by atoms with E-state index in [4.69, 9.17) is 14.9 Å². The summed E-state index contributed by atoms with van der Waals surface area (Å²) in [5.74, 6) is -3.84. The van der Waals surface area contributed by atoms with Crippen molar-refractivity contribution in [2.45, 2.75) is 90.3 Å². The molecule has 0 atom stereocenters. The fraction of sp³-hybridized carbons (Fsp3) is 0.417. The van der Waals surface area contributed by atoms with Gasteiger partial charge in [0.1, 0.15) is 23.2 Å². The number of alkyl halides is 1. The van der Waals surface area contributed by atoms with Crippen molar-refractivity contribution in [3.8, 4) is 16.9 Å². The second-order valence-corrected chi connectivity index (χ2v) is 11.8. The smallest absolute Gasteiger partial charge is 0.338 e. The molecule has 3 aromatic rings. The molecule has 234 valence electrons. The first-order chi connectivity index (χ1) is 20.9. The fourth-order valence-electron chi connectivity index (χ4n) is 5.70. The van der Waals surface area contributed by atoms with Gasteiger partial charge in [-0.2, -0.15) is 4.39 Å². The number of unbranched alkanes of at least 4 members (excludes halogenated alkanes) is 1. The Labute approximate surface area is 257 Å². The Balaban J connectivity index is 1.53. The topological polar surface area (TPSA) is 76.5 Å². The molecule has 0 amide bonds. The van der Waals surface area contributed by atoms with Crippen LogP contribution in [0.25, 0.3) is 11.1 Å². The van der Waals surface area contributed by atoms with Crippen LogP contribution in [0, 0.1) is 17.0 Å². The van der Waals surface area contributed by atoms with Gasteiger partial charge in [-0.15, -0.1) is 0 Å². The van der Waals surface area contributed by atoms with Gasteiger partial charge in [-0.3, -0.25) is 4.79 Å². The fourth-order valence-corrected chi connectivity index (χ4v) is 5.70. The number of hydrogen-bond acceptors (Lipinski definition) is 5. The average Bonchev–Trinajstić information content (AvgIpc) is 3.77. The van der Waals surface area contributed by atoms with Crippen LogP contribution in [-0.4, -0.2) is 30.4 Å². The van der Waals surface area contributed by atoms with Crippen LogP contribution in [0.4, 0.5) is 13.2 Å². The molecular weight excluding hydrogens is 567 g/mol. The van der Waals surface area contributed by atoms with Crippen molar-refractivity contribution < 1.29 is 32.2 Å². The van der Waals surface area contributed by atoms with E-state index >= 15 is 4.39 Å². The largest absolute Gasteiger partial charge is 0.462 e. The number of rotatable bonds is 15. The number of nitrogens with one attached hydrogen (secondary N) is 1. The van der Waals surface area contributed by atoms with Gasteiger partial charge in [0.25, 0.3) is 0 Å². The molecule has 0 saturated heterocycles. The highest BCUT2D eigenvalue weighted by molar-refractivity contribution is 5.98. The molecule has 0 unspecified atom stereocenters. The quantitative estimate of drug-likeness (QED) is 0.138. The molecule has 0 bridgehead atoms. The summed E-state index contributed by atoms with van der Waals surface area (Å²) in [5, 5.41) is 7.73. The van der Waals surface area contributed by atoms with Crippen LogP contribution in [0.2, 0.25) is 0 Å². The Kier molecular flexibility index (Phi) is 10.3. The molecule has 0 heterocycles. The lowest BCUT2D eigenvalue weighted by molar-refractivity contribution is -0.121. The van der Waals surface area contributed by atoms with Gasteiger partial charge < -0.3 is 14.9 Å². The van der Waals surface area contributed by atoms with E-state index in [0.29, 0.717) is 36.8 Å². The molecule has 1 aliphatic rings. The Bertz CT molecular complexity index is 1540. The Morgan fingerprint density at radius 3 is 2.34 bits per heavy atom. The molecule has 0 aromatic heterocycles. The van der Waals surface area contributed by atoms with Crippen LogP contribution in [0.5, 0.6) is 5.75 Å². The highest BCUT2D eigenvalue weighted by atomic mass is 19.2. The molecule has 1 N–H and O–H groups in total. The van der Waals surface area contributed by atoms with Gasteiger partial charge in [0.05, 0.1) is 17.6 Å². The third kappa shape index (κ3) is 7.58. The molecule has 0 aliphatic heterocycles. The standard InChI is InChI=1S/C36H40F3NO4/c1-5-7-10-24-20-25(12-13-26(24)22-40)33-28(34(42)43-6-2)18-23(19-31(33)38)9-8-11-32(41)36(16-17-36)29-15-14-27(21-30(29)37)44-35(3,4)39/h12-15,18-22,40H,5-11,16-17H2,1-4H3. The van der Waals surface area contributed by atoms with Crippen LogP contribution in [0.15, 0.2) is 48.5 Å². The molecule has 1 saturated carbocycles. The predicted molar refractivity (Wildman–Crippen MR) is 165 cm³/mol. The SMILES string of the molecule is CCCCc1cc(-c2c(F)cc(CCCC(=O)C3(c4ccc(OC(C)(C)F)cc4F)CC3)cc2C(=O)OCC)ccc1C=N. The monoisotopic (exact) mass is 607 g/mol. The Hall–Kier alpha value is -3.94. The highest BCUT2D eigenvalue weighted by Crippen LogP contribution is 2.51. The van der Waals surface area contributed by atoms with Crippen LogP contribution >= 0.6 is 0 Å². The van der Waals surface area contributed by atoms with E-state index < -0.39 is 28.9 Å². The van der Waals surface area contributed by atoms with Gasteiger partial charge in [0.15, 0.2) is 0 Å². The van der Waals surface area contributed by atoms with Crippen LogP contribution in [0.3, 0.4) is 0 Å². The van der Waals surface area contributed by atoms with E-state index in [1.54, 1.807) is 25.1 Å². The van der Waals surface area contributed by atoms with Gasteiger partial charge >= 0.3 is 5.97 Å². The molecule has 3 aromatic carbocycles. The summed E-state index contributed by atoms with van der Waals surface area (Å²) in [4.78, 5) is 26.3. The first kappa shape index (κ1) is 33.0. The van der Waals surface area contributed by atoms with E-state index in [1.807, 2.05) is 6.07 Å². The van der Waals surface area contributed by atoms with E-state index in [9.17, 15) is 18.4 Å². The van der Waals surface area contributed by atoms with E-state index in [1.165, 1.54) is 38.3 Å². The number of esters is 1. The molecule has 0 radical (unpaired) electrons. The van der Waals surface area contributed by atoms with Crippen molar-refractivity contribution in [2.75, 3.05) is 6.61 Å². The Morgan fingerprint density at radius 2 is 1.73 bits per heavy atom. The maximum Gasteiger partial charge on any atom is 0.338 e. The number of ketones is 1. The van der Waals surface area contributed by atoms with Gasteiger partial charge in [0.2, 0.25) is 5.85 Å². The van der Waals surface area contributed by atoms with Crippen molar-refractivity contribution in [3.05, 3.63) is 88.0 Å². The molecule has 5 nitrogen and oxygen atoms in total. The van der Waals surface area contributed by atoms with Crippen molar-refractivity contribution in [2.24, 2.45) is 0 Å². The van der Waals surface area contributed by atoms with Gasteiger partial charge in [-0.1, -0.05) is 37.6 Å². The number of Topliss-reactive ketones (excluding diaryl/α,β-unsaturated/α-hetero) is 1. The number of carbonyl (C=O) groups is 2. The third-order valence-corrected chi connectivity index (χ3v) is 8.00. The summed E-state index contributed by atoms with van der Waals surface area (Å²) < 4.78 is 54.9. The van der Waals surface area contributed by atoms with Gasteiger partial charge in [-0.25, -0.2) is 13.6 Å². The Morgan fingerprint density at radius 1 is 0.977 bits per heavy atom. The maximum atomic E-state index is 15.8. The van der Waals surface area contributed by atoms with Crippen molar-refractivity contribution in [3.63, 3.8) is 0 Å². The molecule has 1 fully saturated rings. The first-order valence-electron chi connectivity index (χ1n) is 15.3. The zero-order chi connectivity index (χ0) is 32.1. The minimum atomic E-state index is -1.96. The maximum absolute atomic E-state index is 15.8. The van der Waals surface area contributed by atoms with Crippen molar-refractivity contribution >= 4 is 18.0 Å². The summed E-state index contributed by atoms with van der Waals surface area (Å²) in [7, 11) is 0.